The fourth-order valence-electron chi connectivity index (χ4n) is 4.30. The lowest BCUT2D eigenvalue weighted by atomic mass is 10.1. The molecule has 0 aliphatic carbocycles. The zero-order chi connectivity index (χ0) is 31.0. The van der Waals surface area contributed by atoms with Crippen molar-refractivity contribution in [3.8, 4) is 17.2 Å². The second-order valence-electron chi connectivity index (χ2n) is 10.1. The van der Waals surface area contributed by atoms with E-state index in [-0.39, 0.29) is 29.1 Å². The molecule has 3 aromatic rings. The Balaban J connectivity index is 2.10. The molecule has 0 bridgehead atoms. The number of nitrogens with zero attached hydrogens (tertiary/aromatic N) is 2. The van der Waals surface area contributed by atoms with Gasteiger partial charge in [-0.05, 0) is 69.7 Å². The highest BCUT2D eigenvalue weighted by Crippen LogP contribution is 2.34. The Bertz CT molecular complexity index is 1490. The molecule has 10 nitrogen and oxygen atoms in total. The number of rotatable bonds is 13. The second-order valence-corrected chi connectivity index (χ2v) is 11.9. The lowest BCUT2D eigenvalue weighted by Gasteiger charge is -2.32. The summed E-state index contributed by atoms with van der Waals surface area (Å²) in [6, 6.07) is 17.1. The van der Waals surface area contributed by atoms with Gasteiger partial charge >= 0.3 is 0 Å². The predicted molar refractivity (Wildman–Crippen MR) is 162 cm³/mol. The van der Waals surface area contributed by atoms with Gasteiger partial charge in [0.25, 0.3) is 10.0 Å². The SMILES string of the molecule is COc1cccc(CN(C(=O)CN(c2ccc(OC)c(OC)c2)S(=O)(=O)c2ccc(C)cc2)C(C)C(=O)NC(C)C)c1. The normalized spacial score (nSPS) is 11.9. The molecule has 0 fully saturated rings. The molecule has 0 heterocycles. The van der Waals surface area contributed by atoms with Gasteiger partial charge < -0.3 is 24.4 Å². The van der Waals surface area contributed by atoms with Gasteiger partial charge in [0, 0.05) is 18.7 Å². The monoisotopic (exact) mass is 597 g/mol. The summed E-state index contributed by atoms with van der Waals surface area (Å²) in [4.78, 5) is 28.5. The van der Waals surface area contributed by atoms with Gasteiger partial charge in [-0.3, -0.25) is 13.9 Å². The molecule has 1 N–H and O–H groups in total. The van der Waals surface area contributed by atoms with Crippen molar-refractivity contribution in [2.45, 2.75) is 51.2 Å². The maximum absolute atomic E-state index is 14.1. The lowest BCUT2D eigenvalue weighted by Crippen LogP contribution is -2.52. The Morgan fingerprint density at radius 2 is 1.52 bits per heavy atom. The third kappa shape index (κ3) is 7.73. The molecule has 3 rings (SSSR count). The van der Waals surface area contributed by atoms with E-state index in [4.69, 9.17) is 14.2 Å². The predicted octanol–water partition coefficient (Wildman–Crippen LogP) is 4.16. The van der Waals surface area contributed by atoms with Crippen LogP contribution in [0.1, 0.15) is 31.9 Å². The highest BCUT2D eigenvalue weighted by atomic mass is 32.2. The molecule has 226 valence electrons. The van der Waals surface area contributed by atoms with Crippen LogP contribution in [0.3, 0.4) is 0 Å². The highest BCUT2D eigenvalue weighted by molar-refractivity contribution is 7.92. The van der Waals surface area contributed by atoms with Crippen molar-refractivity contribution in [2.75, 3.05) is 32.2 Å². The number of hydrogen-bond acceptors (Lipinski definition) is 7. The molecule has 11 heteroatoms. The number of nitrogens with one attached hydrogen (secondary N) is 1. The van der Waals surface area contributed by atoms with E-state index in [1.165, 1.54) is 44.4 Å². The molecule has 0 saturated heterocycles. The first-order chi connectivity index (χ1) is 19.9. The van der Waals surface area contributed by atoms with Crippen LogP contribution in [0.4, 0.5) is 5.69 Å². The summed E-state index contributed by atoms with van der Waals surface area (Å²) in [5, 5.41) is 2.84. The number of ether oxygens (including phenoxy) is 3. The van der Waals surface area contributed by atoms with Gasteiger partial charge in [-0.15, -0.1) is 0 Å². The van der Waals surface area contributed by atoms with Crippen LogP contribution in [0, 0.1) is 6.92 Å². The third-order valence-corrected chi connectivity index (χ3v) is 8.42. The number of hydrogen-bond donors (Lipinski definition) is 1. The van der Waals surface area contributed by atoms with Crippen molar-refractivity contribution < 1.29 is 32.2 Å². The molecule has 0 aliphatic rings. The van der Waals surface area contributed by atoms with Crippen molar-refractivity contribution in [1.82, 2.24) is 10.2 Å². The maximum atomic E-state index is 14.1. The summed E-state index contributed by atoms with van der Waals surface area (Å²) in [6.45, 7) is 6.59. The summed E-state index contributed by atoms with van der Waals surface area (Å²) in [5.41, 5.74) is 1.80. The number of anilines is 1. The molecule has 1 unspecified atom stereocenters. The average Bonchev–Trinajstić information content (AvgIpc) is 2.97. The van der Waals surface area contributed by atoms with Crippen LogP contribution in [0.25, 0.3) is 0 Å². The Morgan fingerprint density at radius 3 is 2.12 bits per heavy atom. The number of carbonyl (C=O) groups is 2. The number of benzene rings is 3. The molecule has 0 aliphatic heterocycles. The molecule has 0 radical (unpaired) electrons. The second kappa shape index (κ2) is 14.1. The van der Waals surface area contributed by atoms with E-state index in [1.807, 2.05) is 26.8 Å². The van der Waals surface area contributed by atoms with Gasteiger partial charge in [-0.25, -0.2) is 8.42 Å². The first-order valence-electron chi connectivity index (χ1n) is 13.5. The van der Waals surface area contributed by atoms with Crippen LogP contribution < -0.4 is 23.8 Å². The maximum Gasteiger partial charge on any atom is 0.264 e. The van der Waals surface area contributed by atoms with E-state index < -0.39 is 28.5 Å². The molecule has 3 aromatic carbocycles. The Hall–Kier alpha value is -4.25. The summed E-state index contributed by atoms with van der Waals surface area (Å²) in [5.74, 6) is 0.353. The van der Waals surface area contributed by atoms with E-state index in [0.29, 0.717) is 22.8 Å². The number of aryl methyl sites for hydroxylation is 1. The molecule has 42 heavy (non-hydrogen) atoms. The third-order valence-electron chi connectivity index (χ3n) is 6.63. The number of carbonyl (C=O) groups excluding carboxylic acids is 2. The van der Waals surface area contributed by atoms with Crippen LogP contribution in [0.15, 0.2) is 71.6 Å². The number of methoxy groups -OCH3 is 3. The van der Waals surface area contributed by atoms with Crippen molar-refractivity contribution in [2.24, 2.45) is 0 Å². The van der Waals surface area contributed by atoms with E-state index >= 15 is 0 Å². The van der Waals surface area contributed by atoms with Crippen LogP contribution in [0.5, 0.6) is 17.2 Å². The van der Waals surface area contributed by atoms with E-state index in [0.717, 1.165) is 9.87 Å². The molecular weight excluding hydrogens is 558 g/mol. The van der Waals surface area contributed by atoms with E-state index in [2.05, 4.69) is 5.32 Å². The quantitative estimate of drug-likeness (QED) is 0.315. The van der Waals surface area contributed by atoms with Gasteiger partial charge in [0.1, 0.15) is 18.3 Å². The van der Waals surface area contributed by atoms with E-state index in [9.17, 15) is 18.0 Å². The van der Waals surface area contributed by atoms with Gasteiger partial charge in [0.15, 0.2) is 11.5 Å². The largest absolute Gasteiger partial charge is 0.497 e. The number of sulfonamides is 1. The Kier molecular flexibility index (Phi) is 10.8. The van der Waals surface area contributed by atoms with Crippen LogP contribution in [-0.4, -0.2) is 65.1 Å². The van der Waals surface area contributed by atoms with E-state index in [1.54, 1.807) is 49.4 Å². The molecular formula is C31H39N3O7S. The van der Waals surface area contributed by atoms with Crippen molar-refractivity contribution in [3.63, 3.8) is 0 Å². The summed E-state index contributed by atoms with van der Waals surface area (Å²) < 4.78 is 45.2. The fourth-order valence-corrected chi connectivity index (χ4v) is 5.71. The lowest BCUT2D eigenvalue weighted by molar-refractivity contribution is -0.139. The Morgan fingerprint density at radius 1 is 0.857 bits per heavy atom. The van der Waals surface area contributed by atoms with Crippen molar-refractivity contribution in [1.29, 1.82) is 0 Å². The summed E-state index contributed by atoms with van der Waals surface area (Å²) in [7, 11) is 0.231. The van der Waals surface area contributed by atoms with Gasteiger partial charge in [-0.1, -0.05) is 29.8 Å². The topological polar surface area (TPSA) is 114 Å². The molecule has 1 atom stereocenters. The fraction of sp³-hybridized carbons (Fsp3) is 0.355. The summed E-state index contributed by atoms with van der Waals surface area (Å²) in [6.07, 6.45) is 0. The Labute approximate surface area is 248 Å². The smallest absolute Gasteiger partial charge is 0.264 e. The minimum absolute atomic E-state index is 0.0145. The first kappa shape index (κ1) is 32.3. The standard InChI is InChI=1S/C31H39N3O7S/c1-21(2)32-31(36)23(4)33(19-24-9-8-10-26(17-24)39-5)30(35)20-34(25-13-16-28(40-6)29(18-25)41-7)42(37,38)27-14-11-22(3)12-15-27/h8-18,21,23H,19-20H2,1-7H3,(H,32,36). The van der Waals surface area contributed by atoms with Crippen molar-refractivity contribution >= 4 is 27.5 Å². The van der Waals surface area contributed by atoms with Gasteiger partial charge in [0.2, 0.25) is 11.8 Å². The molecule has 2 amide bonds. The summed E-state index contributed by atoms with van der Waals surface area (Å²) >= 11 is 0. The van der Waals surface area contributed by atoms with Crippen LogP contribution >= 0.6 is 0 Å². The number of amides is 2. The minimum Gasteiger partial charge on any atom is -0.497 e. The zero-order valence-electron chi connectivity index (χ0n) is 25.1. The molecule has 0 aromatic heterocycles. The minimum atomic E-state index is -4.22. The van der Waals surface area contributed by atoms with Crippen molar-refractivity contribution in [3.05, 3.63) is 77.9 Å². The van der Waals surface area contributed by atoms with Crippen LogP contribution in [0.2, 0.25) is 0 Å². The van der Waals surface area contributed by atoms with Gasteiger partial charge in [-0.2, -0.15) is 0 Å². The van der Waals surface area contributed by atoms with Gasteiger partial charge in [0.05, 0.1) is 31.9 Å². The van der Waals surface area contributed by atoms with Crippen LogP contribution in [-0.2, 0) is 26.2 Å². The average molecular weight is 598 g/mol. The molecule has 0 spiro atoms. The first-order valence-corrected chi connectivity index (χ1v) is 14.9. The highest BCUT2D eigenvalue weighted by Gasteiger charge is 2.33. The molecule has 0 saturated carbocycles. The zero-order valence-corrected chi connectivity index (χ0v) is 25.9.